The molecule has 0 aliphatic heterocycles. The lowest BCUT2D eigenvalue weighted by molar-refractivity contribution is 0.434. The first kappa shape index (κ1) is 11.7. The first-order valence-corrected chi connectivity index (χ1v) is 5.71. The van der Waals surface area contributed by atoms with Gasteiger partial charge in [-0.05, 0) is 13.0 Å². The smallest absolute Gasteiger partial charge is 0.256 e. The van der Waals surface area contributed by atoms with Crippen molar-refractivity contribution in [2.75, 3.05) is 7.05 Å². The van der Waals surface area contributed by atoms with Gasteiger partial charge in [0.25, 0.3) is 10.0 Å². The van der Waals surface area contributed by atoms with E-state index in [9.17, 15) is 8.42 Å². The van der Waals surface area contributed by atoms with Gasteiger partial charge in [-0.3, -0.25) is 4.68 Å². The van der Waals surface area contributed by atoms with Crippen molar-refractivity contribution in [2.45, 2.75) is 18.0 Å². The quantitative estimate of drug-likeness (QED) is 0.726. The van der Waals surface area contributed by atoms with Crippen molar-refractivity contribution >= 4 is 10.0 Å². The molecule has 6 nitrogen and oxygen atoms in total. The number of aryl methyl sites for hydroxylation is 1. The normalized spacial score (nSPS) is 13.8. The number of nitriles is 1. The molecule has 0 fully saturated rings. The second kappa shape index (κ2) is 4.00. The number of aromatic nitrogens is 2. The molecule has 0 aliphatic rings. The van der Waals surface area contributed by atoms with E-state index in [0.29, 0.717) is 0 Å². The molecule has 0 saturated carbocycles. The highest BCUT2D eigenvalue weighted by Crippen LogP contribution is 2.14. The summed E-state index contributed by atoms with van der Waals surface area (Å²) >= 11 is 0. The SMILES string of the molecule is CC(C#N)N(C)S(=O)(=O)c1ccnn1C. The minimum absolute atomic E-state index is 0.0760. The van der Waals surface area contributed by atoms with Crippen molar-refractivity contribution in [1.82, 2.24) is 14.1 Å². The molecule has 0 bridgehead atoms. The fourth-order valence-electron chi connectivity index (χ4n) is 1.05. The van der Waals surface area contributed by atoms with Gasteiger partial charge in [-0.1, -0.05) is 0 Å². The molecule has 82 valence electrons. The Kier molecular flexibility index (Phi) is 3.12. The second-order valence-corrected chi connectivity index (χ2v) is 5.06. The summed E-state index contributed by atoms with van der Waals surface area (Å²) in [7, 11) is -0.716. The highest BCUT2D eigenvalue weighted by Gasteiger charge is 2.27. The highest BCUT2D eigenvalue weighted by molar-refractivity contribution is 7.89. The Morgan fingerprint density at radius 1 is 1.67 bits per heavy atom. The lowest BCUT2D eigenvalue weighted by Crippen LogP contribution is -2.35. The Morgan fingerprint density at radius 2 is 2.27 bits per heavy atom. The van der Waals surface area contributed by atoms with Gasteiger partial charge in [0.15, 0.2) is 5.03 Å². The summed E-state index contributed by atoms with van der Waals surface area (Å²) in [5, 5.41) is 12.5. The molecule has 0 radical (unpaired) electrons. The van der Waals surface area contributed by atoms with Crippen LogP contribution >= 0.6 is 0 Å². The maximum absolute atomic E-state index is 11.9. The summed E-state index contributed by atoms with van der Waals surface area (Å²) in [6.07, 6.45) is 1.40. The van der Waals surface area contributed by atoms with E-state index in [1.165, 1.54) is 38.0 Å². The number of rotatable bonds is 3. The third-order valence-electron chi connectivity index (χ3n) is 2.15. The molecule has 0 aliphatic carbocycles. The maximum atomic E-state index is 11.9. The van der Waals surface area contributed by atoms with Crippen molar-refractivity contribution < 1.29 is 8.42 Å². The van der Waals surface area contributed by atoms with Gasteiger partial charge in [-0.25, -0.2) is 8.42 Å². The molecular formula is C8H12N4O2S. The van der Waals surface area contributed by atoms with Crippen LogP contribution in [0.5, 0.6) is 0 Å². The Balaban J connectivity index is 3.16. The third kappa shape index (κ3) is 2.00. The van der Waals surface area contributed by atoms with Gasteiger partial charge < -0.3 is 0 Å². The zero-order valence-corrected chi connectivity index (χ0v) is 9.56. The molecule has 0 aromatic carbocycles. The fraction of sp³-hybridized carbons (Fsp3) is 0.500. The predicted octanol–water partition coefficient (Wildman–Crippen LogP) is -0.0473. The largest absolute Gasteiger partial charge is 0.261 e. The van der Waals surface area contributed by atoms with Gasteiger partial charge >= 0.3 is 0 Å². The summed E-state index contributed by atoms with van der Waals surface area (Å²) in [6, 6.07) is 2.56. The van der Waals surface area contributed by atoms with E-state index in [1.54, 1.807) is 0 Å². The van der Waals surface area contributed by atoms with Crippen LogP contribution in [0.2, 0.25) is 0 Å². The molecule has 0 N–H and O–H groups in total. The van der Waals surface area contributed by atoms with Crippen molar-refractivity contribution in [1.29, 1.82) is 5.26 Å². The van der Waals surface area contributed by atoms with E-state index in [0.717, 1.165) is 4.31 Å². The number of hydrogen-bond donors (Lipinski definition) is 0. The van der Waals surface area contributed by atoms with Crippen LogP contribution in [0.4, 0.5) is 0 Å². The maximum Gasteiger partial charge on any atom is 0.261 e. The monoisotopic (exact) mass is 228 g/mol. The lowest BCUT2D eigenvalue weighted by Gasteiger charge is -2.18. The summed E-state index contributed by atoms with van der Waals surface area (Å²) in [6.45, 7) is 1.52. The minimum Gasteiger partial charge on any atom is -0.256 e. The molecule has 0 spiro atoms. The molecule has 7 heteroatoms. The fourth-order valence-corrected chi connectivity index (χ4v) is 2.42. The van der Waals surface area contributed by atoms with Gasteiger partial charge in [0.05, 0.1) is 12.3 Å². The predicted molar refractivity (Wildman–Crippen MR) is 53.2 cm³/mol. The number of hydrogen-bond acceptors (Lipinski definition) is 4. The number of nitrogens with zero attached hydrogens (tertiary/aromatic N) is 4. The van der Waals surface area contributed by atoms with Gasteiger partial charge in [-0.2, -0.15) is 14.7 Å². The van der Waals surface area contributed by atoms with Gasteiger partial charge in [-0.15, -0.1) is 0 Å². The zero-order chi connectivity index (χ0) is 11.6. The van der Waals surface area contributed by atoms with Crippen molar-refractivity contribution in [3.63, 3.8) is 0 Å². The van der Waals surface area contributed by atoms with Crippen molar-refractivity contribution in [3.8, 4) is 6.07 Å². The molecule has 1 aromatic rings. The van der Waals surface area contributed by atoms with Crippen LogP contribution in [0.25, 0.3) is 0 Å². The van der Waals surface area contributed by atoms with E-state index in [4.69, 9.17) is 5.26 Å². The topological polar surface area (TPSA) is 79.0 Å². The number of sulfonamides is 1. The summed E-state index contributed by atoms with van der Waals surface area (Å²) in [5.41, 5.74) is 0. The van der Waals surface area contributed by atoms with Gasteiger partial charge in [0, 0.05) is 14.1 Å². The molecule has 1 rings (SSSR count). The molecule has 15 heavy (non-hydrogen) atoms. The van der Waals surface area contributed by atoms with E-state index in [1.807, 2.05) is 6.07 Å². The highest BCUT2D eigenvalue weighted by atomic mass is 32.2. The Bertz CT molecular complexity index is 485. The van der Waals surface area contributed by atoms with E-state index >= 15 is 0 Å². The zero-order valence-electron chi connectivity index (χ0n) is 8.75. The molecule has 0 amide bonds. The van der Waals surface area contributed by atoms with Crippen LogP contribution in [0, 0.1) is 11.3 Å². The van der Waals surface area contributed by atoms with Gasteiger partial charge in [0.2, 0.25) is 0 Å². The van der Waals surface area contributed by atoms with Gasteiger partial charge in [0.1, 0.15) is 6.04 Å². The van der Waals surface area contributed by atoms with Crippen molar-refractivity contribution in [3.05, 3.63) is 12.3 Å². The Hall–Kier alpha value is -1.39. The molecule has 0 saturated heterocycles. The van der Waals surface area contributed by atoms with E-state index in [2.05, 4.69) is 5.10 Å². The molecule has 1 heterocycles. The van der Waals surface area contributed by atoms with Crippen molar-refractivity contribution in [2.24, 2.45) is 7.05 Å². The molecular weight excluding hydrogens is 216 g/mol. The third-order valence-corrected chi connectivity index (χ3v) is 4.15. The van der Waals surface area contributed by atoms with Crippen LogP contribution in [0.1, 0.15) is 6.92 Å². The molecule has 1 unspecified atom stereocenters. The van der Waals surface area contributed by atoms with Crippen LogP contribution in [-0.2, 0) is 17.1 Å². The summed E-state index contributed by atoms with van der Waals surface area (Å²) < 4.78 is 26.1. The Morgan fingerprint density at radius 3 is 2.67 bits per heavy atom. The Labute approximate surface area is 88.8 Å². The standard InChI is InChI=1S/C8H12N4O2S/c1-7(6-9)12(3)15(13,14)8-4-5-10-11(8)2/h4-5,7H,1-3H3. The van der Waals surface area contributed by atoms with Crippen LogP contribution in [-0.4, -0.2) is 35.6 Å². The van der Waals surface area contributed by atoms with E-state index in [-0.39, 0.29) is 5.03 Å². The first-order valence-electron chi connectivity index (χ1n) is 4.27. The minimum atomic E-state index is -3.63. The lowest BCUT2D eigenvalue weighted by atomic mass is 10.4. The van der Waals surface area contributed by atoms with E-state index < -0.39 is 16.1 Å². The summed E-state index contributed by atoms with van der Waals surface area (Å²) in [4.78, 5) is 0. The molecule has 1 aromatic heterocycles. The van der Waals surface area contributed by atoms with Crippen LogP contribution in [0.3, 0.4) is 0 Å². The summed E-state index contributed by atoms with van der Waals surface area (Å²) in [5.74, 6) is 0. The van der Waals surface area contributed by atoms with Crippen LogP contribution in [0.15, 0.2) is 17.3 Å². The van der Waals surface area contributed by atoms with Crippen LogP contribution < -0.4 is 0 Å². The second-order valence-electron chi connectivity index (χ2n) is 3.12. The molecule has 1 atom stereocenters. The average Bonchev–Trinajstić information content (AvgIpc) is 2.62. The average molecular weight is 228 g/mol. The first-order chi connectivity index (χ1) is 6.91.